The number of benzene rings is 1. The second kappa shape index (κ2) is 4.97. The van der Waals surface area contributed by atoms with Crippen molar-refractivity contribution in [1.29, 1.82) is 0 Å². The molecule has 88 valence electrons. The van der Waals surface area contributed by atoms with E-state index in [1.807, 2.05) is 0 Å². The van der Waals surface area contributed by atoms with Gasteiger partial charge >= 0.3 is 0 Å². The van der Waals surface area contributed by atoms with Crippen molar-refractivity contribution < 1.29 is 9.13 Å². The molecule has 0 aliphatic carbocycles. The summed E-state index contributed by atoms with van der Waals surface area (Å²) in [6.45, 7) is 0. The SMILES string of the molecule is COc1ccc(F)c(Nc2ccnc(Cl)n2)c1. The van der Waals surface area contributed by atoms with Crippen LogP contribution in [0.15, 0.2) is 30.5 Å². The molecule has 0 fully saturated rings. The number of rotatable bonds is 3. The first-order valence-corrected chi connectivity index (χ1v) is 5.16. The molecule has 2 aromatic rings. The Kier molecular flexibility index (Phi) is 3.39. The van der Waals surface area contributed by atoms with E-state index in [0.717, 1.165) is 0 Å². The van der Waals surface area contributed by atoms with Crippen LogP contribution in [0.1, 0.15) is 0 Å². The summed E-state index contributed by atoms with van der Waals surface area (Å²) in [5, 5.41) is 2.89. The van der Waals surface area contributed by atoms with E-state index in [-0.39, 0.29) is 11.0 Å². The largest absolute Gasteiger partial charge is 0.497 e. The molecule has 0 spiro atoms. The summed E-state index contributed by atoms with van der Waals surface area (Å²) in [6.07, 6.45) is 1.48. The van der Waals surface area contributed by atoms with Crippen molar-refractivity contribution in [3.05, 3.63) is 41.6 Å². The molecule has 0 atom stereocenters. The van der Waals surface area contributed by atoms with Crippen LogP contribution in [0.25, 0.3) is 0 Å². The van der Waals surface area contributed by atoms with Crippen LogP contribution >= 0.6 is 11.6 Å². The Bertz CT molecular complexity index is 536. The molecular formula is C11H9ClFN3O. The van der Waals surface area contributed by atoms with Crippen LogP contribution in [0.5, 0.6) is 5.75 Å². The molecule has 0 bridgehead atoms. The lowest BCUT2D eigenvalue weighted by Crippen LogP contribution is -1.97. The normalized spacial score (nSPS) is 10.1. The van der Waals surface area contributed by atoms with Gasteiger partial charge in [0.15, 0.2) is 0 Å². The fourth-order valence-corrected chi connectivity index (χ4v) is 1.42. The minimum Gasteiger partial charge on any atom is -0.497 e. The van der Waals surface area contributed by atoms with Gasteiger partial charge in [-0.05, 0) is 29.8 Å². The number of methoxy groups -OCH3 is 1. The summed E-state index contributed by atoms with van der Waals surface area (Å²) in [7, 11) is 1.51. The molecular weight excluding hydrogens is 245 g/mol. The van der Waals surface area contributed by atoms with Gasteiger partial charge in [0, 0.05) is 12.3 Å². The lowest BCUT2D eigenvalue weighted by molar-refractivity contribution is 0.414. The summed E-state index contributed by atoms with van der Waals surface area (Å²) in [6, 6.07) is 5.97. The van der Waals surface area contributed by atoms with Crippen molar-refractivity contribution in [3.8, 4) is 5.75 Å². The highest BCUT2D eigenvalue weighted by Crippen LogP contribution is 2.23. The van der Waals surface area contributed by atoms with Gasteiger partial charge in [-0.1, -0.05) is 0 Å². The Morgan fingerprint density at radius 2 is 2.18 bits per heavy atom. The highest BCUT2D eigenvalue weighted by molar-refractivity contribution is 6.28. The van der Waals surface area contributed by atoms with Crippen LogP contribution in [-0.2, 0) is 0 Å². The summed E-state index contributed by atoms with van der Waals surface area (Å²) in [5.74, 6) is 0.562. The monoisotopic (exact) mass is 253 g/mol. The third-order valence-electron chi connectivity index (χ3n) is 2.06. The lowest BCUT2D eigenvalue weighted by atomic mass is 10.3. The molecule has 0 saturated carbocycles. The fourth-order valence-electron chi connectivity index (χ4n) is 1.27. The van der Waals surface area contributed by atoms with E-state index in [1.54, 1.807) is 6.07 Å². The third kappa shape index (κ3) is 2.82. The highest BCUT2D eigenvalue weighted by atomic mass is 35.5. The van der Waals surface area contributed by atoms with Crippen LogP contribution in [0.4, 0.5) is 15.9 Å². The number of aromatic nitrogens is 2. The first kappa shape index (κ1) is 11.6. The predicted molar refractivity (Wildman–Crippen MR) is 63.3 cm³/mol. The van der Waals surface area contributed by atoms with Gasteiger partial charge in [0.05, 0.1) is 12.8 Å². The van der Waals surface area contributed by atoms with Crippen molar-refractivity contribution >= 4 is 23.1 Å². The van der Waals surface area contributed by atoms with Crippen molar-refractivity contribution in [3.63, 3.8) is 0 Å². The van der Waals surface area contributed by atoms with Crippen molar-refractivity contribution in [2.75, 3.05) is 12.4 Å². The number of anilines is 2. The molecule has 1 N–H and O–H groups in total. The van der Waals surface area contributed by atoms with Gasteiger partial charge < -0.3 is 10.1 Å². The van der Waals surface area contributed by atoms with E-state index in [9.17, 15) is 4.39 Å². The van der Waals surface area contributed by atoms with Gasteiger partial charge in [-0.25, -0.2) is 14.4 Å². The molecule has 6 heteroatoms. The highest BCUT2D eigenvalue weighted by Gasteiger charge is 2.05. The quantitative estimate of drug-likeness (QED) is 0.854. The number of nitrogens with zero attached hydrogens (tertiary/aromatic N) is 2. The van der Waals surface area contributed by atoms with Crippen LogP contribution < -0.4 is 10.1 Å². The Labute approximate surface area is 102 Å². The van der Waals surface area contributed by atoms with Gasteiger partial charge in [-0.2, -0.15) is 0 Å². The summed E-state index contributed by atoms with van der Waals surface area (Å²) < 4.78 is 18.5. The first-order chi connectivity index (χ1) is 8.19. The number of nitrogens with one attached hydrogen (secondary N) is 1. The zero-order valence-electron chi connectivity index (χ0n) is 8.95. The molecule has 0 aliphatic rings. The Morgan fingerprint density at radius 3 is 2.88 bits per heavy atom. The minimum absolute atomic E-state index is 0.0957. The van der Waals surface area contributed by atoms with Gasteiger partial charge in [0.25, 0.3) is 0 Å². The maximum atomic E-state index is 13.5. The van der Waals surface area contributed by atoms with Crippen molar-refractivity contribution in [1.82, 2.24) is 9.97 Å². The van der Waals surface area contributed by atoms with Gasteiger partial charge in [-0.3, -0.25) is 0 Å². The number of hydrogen-bond acceptors (Lipinski definition) is 4. The zero-order chi connectivity index (χ0) is 12.3. The molecule has 1 aromatic carbocycles. The van der Waals surface area contributed by atoms with Crippen LogP contribution in [-0.4, -0.2) is 17.1 Å². The summed E-state index contributed by atoms with van der Waals surface area (Å²) >= 11 is 5.63. The summed E-state index contributed by atoms with van der Waals surface area (Å²) in [5.41, 5.74) is 0.263. The van der Waals surface area contributed by atoms with Gasteiger partial charge in [-0.15, -0.1) is 0 Å². The van der Waals surface area contributed by atoms with E-state index in [4.69, 9.17) is 16.3 Å². The summed E-state index contributed by atoms with van der Waals surface area (Å²) in [4.78, 5) is 7.63. The lowest BCUT2D eigenvalue weighted by Gasteiger charge is -2.08. The van der Waals surface area contributed by atoms with Crippen molar-refractivity contribution in [2.45, 2.75) is 0 Å². The molecule has 0 amide bonds. The molecule has 2 rings (SSSR count). The maximum Gasteiger partial charge on any atom is 0.224 e. The predicted octanol–water partition coefficient (Wildman–Crippen LogP) is 3.02. The van der Waals surface area contributed by atoms with Crippen LogP contribution in [0, 0.1) is 5.82 Å². The van der Waals surface area contributed by atoms with E-state index in [2.05, 4.69) is 15.3 Å². The molecule has 0 aliphatic heterocycles. The Hall–Kier alpha value is -1.88. The Morgan fingerprint density at radius 1 is 1.35 bits per heavy atom. The second-order valence-corrected chi connectivity index (χ2v) is 3.52. The Balaban J connectivity index is 2.29. The van der Waals surface area contributed by atoms with Gasteiger partial charge in [0.1, 0.15) is 17.4 Å². The van der Waals surface area contributed by atoms with E-state index in [1.165, 1.54) is 31.5 Å². The molecule has 1 heterocycles. The number of halogens is 2. The second-order valence-electron chi connectivity index (χ2n) is 3.18. The first-order valence-electron chi connectivity index (χ1n) is 4.78. The molecule has 4 nitrogen and oxygen atoms in total. The van der Waals surface area contributed by atoms with E-state index >= 15 is 0 Å². The fraction of sp³-hybridized carbons (Fsp3) is 0.0909. The maximum absolute atomic E-state index is 13.5. The average Bonchev–Trinajstić information content (AvgIpc) is 2.32. The standard InChI is InChI=1S/C11H9ClFN3O/c1-17-7-2-3-8(13)9(6-7)15-10-4-5-14-11(12)16-10/h2-6H,1H3,(H,14,15,16). The zero-order valence-corrected chi connectivity index (χ0v) is 9.70. The average molecular weight is 254 g/mol. The molecule has 1 aromatic heterocycles. The molecule has 17 heavy (non-hydrogen) atoms. The van der Waals surface area contributed by atoms with Crippen LogP contribution in [0.2, 0.25) is 5.28 Å². The third-order valence-corrected chi connectivity index (χ3v) is 2.24. The van der Waals surface area contributed by atoms with Crippen molar-refractivity contribution in [2.24, 2.45) is 0 Å². The van der Waals surface area contributed by atoms with Gasteiger partial charge in [0.2, 0.25) is 5.28 Å². The number of ether oxygens (including phenoxy) is 1. The van der Waals surface area contributed by atoms with Crippen LogP contribution in [0.3, 0.4) is 0 Å². The number of hydrogen-bond donors (Lipinski definition) is 1. The molecule has 0 unspecified atom stereocenters. The van der Waals surface area contributed by atoms with E-state index in [0.29, 0.717) is 11.6 Å². The van der Waals surface area contributed by atoms with E-state index < -0.39 is 5.82 Å². The molecule has 0 saturated heterocycles. The molecule has 0 radical (unpaired) electrons. The minimum atomic E-state index is -0.402. The topological polar surface area (TPSA) is 47.0 Å². The smallest absolute Gasteiger partial charge is 0.224 e.